The molecule has 0 unspecified atom stereocenters. The van der Waals surface area contributed by atoms with Crippen LogP contribution in [0.2, 0.25) is 0 Å². The first-order valence-electron chi connectivity index (χ1n) is 7.03. The van der Waals surface area contributed by atoms with Crippen molar-refractivity contribution in [3.05, 3.63) is 53.6 Å². The summed E-state index contributed by atoms with van der Waals surface area (Å²) in [6.07, 6.45) is 0. The number of ether oxygens (including phenoxy) is 3. The van der Waals surface area contributed by atoms with E-state index in [1.54, 1.807) is 19.2 Å². The van der Waals surface area contributed by atoms with E-state index in [1.165, 1.54) is 0 Å². The number of hydrogen-bond donors (Lipinski definition) is 1. The first kappa shape index (κ1) is 14.4. The lowest BCUT2D eigenvalue weighted by Crippen LogP contribution is -2.23. The van der Waals surface area contributed by atoms with E-state index in [1.807, 2.05) is 30.3 Å². The Morgan fingerprint density at radius 3 is 2.86 bits per heavy atom. The third kappa shape index (κ3) is 3.04. The van der Waals surface area contributed by atoms with Crippen molar-refractivity contribution in [2.45, 2.75) is 6.54 Å². The number of methoxy groups -OCH3 is 1. The molecule has 22 heavy (non-hydrogen) atoms. The summed E-state index contributed by atoms with van der Waals surface area (Å²) < 4.78 is 15.8. The van der Waals surface area contributed by atoms with Gasteiger partial charge in [-0.2, -0.15) is 0 Å². The van der Waals surface area contributed by atoms with Crippen LogP contribution in [0, 0.1) is 0 Å². The number of nitrogens with one attached hydrogen (secondary N) is 1. The molecule has 0 saturated carbocycles. The Kier molecular flexibility index (Phi) is 4.25. The van der Waals surface area contributed by atoms with Gasteiger partial charge in [-0.1, -0.05) is 18.2 Å². The minimum absolute atomic E-state index is 0.00167. The lowest BCUT2D eigenvalue weighted by atomic mass is 10.1. The van der Waals surface area contributed by atoms with Crippen LogP contribution in [-0.4, -0.2) is 26.2 Å². The molecule has 5 heteroatoms. The van der Waals surface area contributed by atoms with Crippen LogP contribution >= 0.6 is 0 Å². The third-order valence-corrected chi connectivity index (χ3v) is 3.46. The highest BCUT2D eigenvalue weighted by Gasteiger charge is 2.14. The van der Waals surface area contributed by atoms with Gasteiger partial charge in [-0.25, -0.2) is 0 Å². The minimum atomic E-state index is -0.00167. The molecule has 0 aliphatic carbocycles. The van der Waals surface area contributed by atoms with Gasteiger partial charge in [0, 0.05) is 6.54 Å². The van der Waals surface area contributed by atoms with Crippen molar-refractivity contribution in [3.63, 3.8) is 0 Å². The van der Waals surface area contributed by atoms with Gasteiger partial charge in [0.2, 0.25) is 6.79 Å². The van der Waals surface area contributed by atoms with Crippen LogP contribution in [-0.2, 0) is 6.54 Å². The summed E-state index contributed by atoms with van der Waals surface area (Å²) in [7, 11) is 1.56. The van der Waals surface area contributed by atoms with Crippen molar-refractivity contribution >= 4 is 5.78 Å². The molecular weight excluding hydrogens is 282 g/mol. The fraction of sp³-hybridized carbons (Fsp3) is 0.235. The zero-order chi connectivity index (χ0) is 15.4. The van der Waals surface area contributed by atoms with Crippen LogP contribution in [0.15, 0.2) is 42.5 Å². The molecule has 0 aromatic heterocycles. The SMILES string of the molecule is COc1ccccc1C(=O)CNCc1ccc2c(c1)OCO2. The number of benzene rings is 2. The quantitative estimate of drug-likeness (QED) is 0.830. The first-order valence-corrected chi connectivity index (χ1v) is 7.03. The first-order chi connectivity index (χ1) is 10.8. The number of carbonyl (C=O) groups excluding carboxylic acids is 1. The molecule has 0 spiro atoms. The third-order valence-electron chi connectivity index (χ3n) is 3.46. The molecule has 2 aromatic carbocycles. The zero-order valence-corrected chi connectivity index (χ0v) is 12.3. The lowest BCUT2D eigenvalue weighted by Gasteiger charge is -2.08. The summed E-state index contributed by atoms with van der Waals surface area (Å²) in [5.74, 6) is 2.10. The standard InChI is InChI=1S/C17H17NO4/c1-20-15-5-3-2-4-13(15)14(19)10-18-9-12-6-7-16-17(8-12)22-11-21-16/h2-8,18H,9-11H2,1H3. The van der Waals surface area contributed by atoms with Crippen LogP contribution in [0.25, 0.3) is 0 Å². The van der Waals surface area contributed by atoms with E-state index in [9.17, 15) is 4.79 Å². The maximum atomic E-state index is 12.2. The highest BCUT2D eigenvalue weighted by Crippen LogP contribution is 2.32. The second-order valence-corrected chi connectivity index (χ2v) is 4.91. The molecule has 0 bridgehead atoms. The van der Waals surface area contributed by atoms with Crippen molar-refractivity contribution in [2.24, 2.45) is 0 Å². The van der Waals surface area contributed by atoms with Crippen LogP contribution in [0.3, 0.4) is 0 Å². The molecule has 0 amide bonds. The zero-order valence-electron chi connectivity index (χ0n) is 12.3. The van der Waals surface area contributed by atoms with Crippen molar-refractivity contribution in [2.75, 3.05) is 20.4 Å². The van der Waals surface area contributed by atoms with E-state index in [4.69, 9.17) is 14.2 Å². The van der Waals surface area contributed by atoms with Gasteiger partial charge in [-0.15, -0.1) is 0 Å². The predicted octanol–water partition coefficient (Wildman–Crippen LogP) is 2.40. The van der Waals surface area contributed by atoms with Gasteiger partial charge >= 0.3 is 0 Å². The summed E-state index contributed by atoms with van der Waals surface area (Å²) in [5, 5.41) is 3.14. The molecule has 1 N–H and O–H groups in total. The van der Waals surface area contributed by atoms with E-state index in [2.05, 4.69) is 5.32 Å². The highest BCUT2D eigenvalue weighted by molar-refractivity contribution is 6.00. The Morgan fingerprint density at radius 2 is 2.00 bits per heavy atom. The van der Waals surface area contributed by atoms with E-state index in [0.29, 0.717) is 17.9 Å². The molecule has 0 atom stereocenters. The van der Waals surface area contributed by atoms with Gasteiger partial charge in [-0.05, 0) is 29.8 Å². The molecular formula is C17H17NO4. The van der Waals surface area contributed by atoms with Crippen LogP contribution in [0.5, 0.6) is 17.2 Å². The smallest absolute Gasteiger partial charge is 0.231 e. The van der Waals surface area contributed by atoms with E-state index in [0.717, 1.165) is 17.1 Å². The largest absolute Gasteiger partial charge is 0.496 e. The van der Waals surface area contributed by atoms with Gasteiger partial charge < -0.3 is 19.5 Å². The Hall–Kier alpha value is -2.53. The molecule has 2 aromatic rings. The molecule has 3 rings (SSSR count). The second-order valence-electron chi connectivity index (χ2n) is 4.91. The number of Topliss-reactive ketones (excluding diaryl/α,β-unsaturated/α-hetero) is 1. The Labute approximate surface area is 128 Å². The second kappa shape index (κ2) is 6.49. The molecule has 0 radical (unpaired) electrons. The van der Waals surface area contributed by atoms with Gasteiger partial charge in [0.15, 0.2) is 17.3 Å². The topological polar surface area (TPSA) is 56.8 Å². The van der Waals surface area contributed by atoms with Gasteiger partial charge in [0.1, 0.15) is 5.75 Å². The number of fused-ring (bicyclic) bond motifs is 1. The number of rotatable bonds is 6. The van der Waals surface area contributed by atoms with Crippen LogP contribution in [0.1, 0.15) is 15.9 Å². The molecule has 1 aliphatic heterocycles. The predicted molar refractivity (Wildman–Crippen MR) is 81.6 cm³/mol. The van der Waals surface area contributed by atoms with Gasteiger partial charge in [-0.3, -0.25) is 4.79 Å². The van der Waals surface area contributed by atoms with Crippen molar-refractivity contribution in [1.29, 1.82) is 0 Å². The van der Waals surface area contributed by atoms with Crippen LogP contribution in [0.4, 0.5) is 0 Å². The van der Waals surface area contributed by atoms with E-state index in [-0.39, 0.29) is 19.1 Å². The minimum Gasteiger partial charge on any atom is -0.496 e. The Bertz CT molecular complexity index is 684. The highest BCUT2D eigenvalue weighted by atomic mass is 16.7. The average Bonchev–Trinajstić information content (AvgIpc) is 3.02. The monoisotopic (exact) mass is 299 g/mol. The Balaban J connectivity index is 1.58. The fourth-order valence-corrected chi connectivity index (χ4v) is 2.34. The molecule has 1 heterocycles. The molecule has 0 saturated heterocycles. The summed E-state index contributed by atoms with van der Waals surface area (Å²) >= 11 is 0. The lowest BCUT2D eigenvalue weighted by molar-refractivity contribution is 0.0988. The van der Waals surface area contributed by atoms with Crippen molar-refractivity contribution < 1.29 is 19.0 Å². The van der Waals surface area contributed by atoms with Crippen molar-refractivity contribution in [1.82, 2.24) is 5.32 Å². The maximum Gasteiger partial charge on any atom is 0.231 e. The van der Waals surface area contributed by atoms with E-state index >= 15 is 0 Å². The summed E-state index contributed by atoms with van der Waals surface area (Å²) in [6, 6.07) is 13.0. The molecule has 114 valence electrons. The van der Waals surface area contributed by atoms with E-state index < -0.39 is 0 Å². The normalized spacial score (nSPS) is 12.2. The summed E-state index contributed by atoms with van der Waals surface area (Å²) in [6.45, 7) is 1.09. The summed E-state index contributed by atoms with van der Waals surface area (Å²) in [5.41, 5.74) is 1.63. The average molecular weight is 299 g/mol. The summed E-state index contributed by atoms with van der Waals surface area (Å²) in [4.78, 5) is 12.2. The number of carbonyl (C=O) groups is 1. The van der Waals surface area contributed by atoms with Crippen LogP contribution < -0.4 is 19.5 Å². The molecule has 5 nitrogen and oxygen atoms in total. The molecule has 0 fully saturated rings. The fourth-order valence-electron chi connectivity index (χ4n) is 2.34. The number of ketones is 1. The number of para-hydroxylation sites is 1. The van der Waals surface area contributed by atoms with Gasteiger partial charge in [0.05, 0.1) is 19.2 Å². The molecule has 1 aliphatic rings. The number of hydrogen-bond acceptors (Lipinski definition) is 5. The van der Waals surface area contributed by atoms with Gasteiger partial charge in [0.25, 0.3) is 0 Å². The maximum absolute atomic E-state index is 12.2. The van der Waals surface area contributed by atoms with Crippen molar-refractivity contribution in [3.8, 4) is 17.2 Å². The Morgan fingerprint density at radius 1 is 1.18 bits per heavy atom.